The average molecular weight is 589 g/mol. The van der Waals surface area contributed by atoms with Crippen LogP contribution in [0.5, 0.6) is 0 Å². The van der Waals surface area contributed by atoms with Crippen molar-refractivity contribution in [3.63, 3.8) is 0 Å². The van der Waals surface area contributed by atoms with E-state index in [-0.39, 0.29) is 44.2 Å². The molecule has 1 aromatic heterocycles. The van der Waals surface area contributed by atoms with Gasteiger partial charge in [0.05, 0.1) is 19.8 Å². The maximum Gasteiger partial charge on any atom is 0.406 e. The van der Waals surface area contributed by atoms with Crippen LogP contribution in [-0.4, -0.2) is 101 Å². The van der Waals surface area contributed by atoms with Crippen LogP contribution in [0, 0.1) is 0 Å². The van der Waals surface area contributed by atoms with E-state index in [1.165, 1.54) is 23.2 Å². The fourth-order valence-corrected chi connectivity index (χ4v) is 5.06. The third-order valence-corrected chi connectivity index (χ3v) is 6.93. The van der Waals surface area contributed by atoms with Gasteiger partial charge in [-0.25, -0.2) is 4.79 Å². The number of nitrogens with two attached hydrogens (primary N) is 1. The van der Waals surface area contributed by atoms with E-state index in [0.717, 1.165) is 10.5 Å². The van der Waals surface area contributed by atoms with Crippen LogP contribution < -0.4 is 11.1 Å². The number of carbonyl (C=O) groups is 4. The Morgan fingerprint density at radius 3 is 2.52 bits per heavy atom. The van der Waals surface area contributed by atoms with Crippen molar-refractivity contribution in [2.24, 2.45) is 5.73 Å². The lowest BCUT2D eigenvalue weighted by Gasteiger charge is -2.45. The Kier molecular flexibility index (Phi) is 9.58. The number of rotatable bonds is 11. The maximum absolute atomic E-state index is 13.8. The molecule has 0 aliphatic carbocycles. The van der Waals surface area contributed by atoms with Crippen LogP contribution in [0.2, 0.25) is 0 Å². The van der Waals surface area contributed by atoms with Crippen molar-refractivity contribution in [1.82, 2.24) is 25.0 Å². The molecule has 42 heavy (non-hydrogen) atoms. The molecular formula is C28H31F3N6O5. The number of nitrogens with zero attached hydrogens (tertiary/aromatic N) is 4. The molecule has 3 heterocycles. The van der Waals surface area contributed by atoms with Crippen LogP contribution in [-0.2, 0) is 32.1 Å². The largest absolute Gasteiger partial charge is 0.406 e. The van der Waals surface area contributed by atoms with Crippen molar-refractivity contribution in [2.75, 3.05) is 39.3 Å². The highest BCUT2D eigenvalue weighted by Gasteiger charge is 2.61. The summed E-state index contributed by atoms with van der Waals surface area (Å²) >= 11 is 0. The summed E-state index contributed by atoms with van der Waals surface area (Å²) in [6.07, 6.45) is -0.991. The Morgan fingerprint density at radius 1 is 1.12 bits per heavy atom. The number of ether oxygens (including phenoxy) is 1. The first-order valence-electron chi connectivity index (χ1n) is 13.2. The molecule has 0 bridgehead atoms. The molecule has 11 nitrogen and oxygen atoms in total. The molecule has 4 rings (SSSR count). The van der Waals surface area contributed by atoms with Crippen molar-refractivity contribution < 1.29 is 37.1 Å². The number of piperazine rings is 1. The van der Waals surface area contributed by atoms with Crippen molar-refractivity contribution in [2.45, 2.75) is 30.8 Å². The number of alkyl halides is 3. The van der Waals surface area contributed by atoms with Gasteiger partial charge in [-0.1, -0.05) is 42.5 Å². The van der Waals surface area contributed by atoms with Crippen molar-refractivity contribution in [3.8, 4) is 0 Å². The van der Waals surface area contributed by atoms with Gasteiger partial charge in [0.1, 0.15) is 18.1 Å². The highest BCUT2D eigenvalue weighted by atomic mass is 19.4. The monoisotopic (exact) mass is 588 g/mol. The van der Waals surface area contributed by atoms with Gasteiger partial charge >= 0.3 is 12.2 Å². The number of halogens is 3. The van der Waals surface area contributed by atoms with E-state index in [2.05, 4.69) is 10.3 Å². The standard InChI is InChI=1S/C28H31F3N6O5/c29-28(30,31)19-36-25(40)27(15-21-9-4-5-12-33-21)18-35(13-14-37(27)26(36)41)24(39)22(34-23(38)10-6-11-32)17-42-16-20-7-2-1-3-8-20/h1-10,12,22H,11,13-19,32H2,(H,34,38). The number of benzene rings is 1. The molecule has 5 amide bonds. The number of urea groups is 1. The molecule has 14 heteroatoms. The summed E-state index contributed by atoms with van der Waals surface area (Å²) in [4.78, 5) is 59.7. The second-order valence-electron chi connectivity index (χ2n) is 9.93. The van der Waals surface area contributed by atoms with Crippen molar-refractivity contribution >= 4 is 23.8 Å². The topological polar surface area (TPSA) is 138 Å². The summed E-state index contributed by atoms with van der Waals surface area (Å²) in [6, 6.07) is 11.7. The number of imide groups is 1. The lowest BCUT2D eigenvalue weighted by molar-refractivity contribution is -0.157. The molecule has 2 saturated heterocycles. The van der Waals surface area contributed by atoms with Crippen molar-refractivity contribution in [1.29, 1.82) is 0 Å². The molecule has 2 aromatic rings. The van der Waals surface area contributed by atoms with E-state index in [9.17, 15) is 32.3 Å². The van der Waals surface area contributed by atoms with Gasteiger partial charge in [-0.2, -0.15) is 13.2 Å². The Hall–Kier alpha value is -4.30. The lowest BCUT2D eigenvalue weighted by atomic mass is 9.88. The fraction of sp³-hybridized carbons (Fsp3) is 0.393. The van der Waals surface area contributed by atoms with Crippen LogP contribution >= 0.6 is 0 Å². The molecule has 2 atom stereocenters. The van der Waals surface area contributed by atoms with Gasteiger partial charge in [0, 0.05) is 44.0 Å². The van der Waals surface area contributed by atoms with Crippen molar-refractivity contribution in [3.05, 3.63) is 78.1 Å². The fourth-order valence-electron chi connectivity index (χ4n) is 5.06. The highest BCUT2D eigenvalue weighted by Crippen LogP contribution is 2.36. The smallest absolute Gasteiger partial charge is 0.374 e. The normalized spacial score (nSPS) is 19.8. The molecule has 2 aliphatic heterocycles. The van der Waals surface area contributed by atoms with E-state index in [4.69, 9.17) is 10.5 Å². The van der Waals surface area contributed by atoms with Gasteiger partial charge in [-0.3, -0.25) is 24.3 Å². The quantitative estimate of drug-likeness (QED) is 0.298. The predicted octanol–water partition coefficient (Wildman–Crippen LogP) is 1.25. The summed E-state index contributed by atoms with van der Waals surface area (Å²) in [5, 5.41) is 2.58. The van der Waals surface area contributed by atoms with E-state index in [1.807, 2.05) is 30.3 Å². The third-order valence-electron chi connectivity index (χ3n) is 6.93. The first-order valence-corrected chi connectivity index (χ1v) is 13.2. The second-order valence-corrected chi connectivity index (χ2v) is 9.93. The summed E-state index contributed by atoms with van der Waals surface area (Å²) < 4.78 is 45.7. The second kappa shape index (κ2) is 13.1. The lowest BCUT2D eigenvalue weighted by Crippen LogP contribution is -2.67. The summed E-state index contributed by atoms with van der Waals surface area (Å²) in [5.41, 5.74) is 4.79. The number of fused-ring (bicyclic) bond motifs is 1. The zero-order valence-electron chi connectivity index (χ0n) is 22.6. The van der Waals surface area contributed by atoms with Gasteiger partial charge in [-0.05, 0) is 17.7 Å². The average Bonchev–Trinajstić information content (AvgIpc) is 3.16. The summed E-state index contributed by atoms with van der Waals surface area (Å²) in [5.74, 6) is -2.29. The minimum atomic E-state index is -4.82. The molecule has 2 aliphatic rings. The first kappa shape index (κ1) is 30.7. The number of amides is 5. The zero-order valence-corrected chi connectivity index (χ0v) is 22.6. The third kappa shape index (κ3) is 7.12. The van der Waals surface area contributed by atoms with Gasteiger partial charge in [-0.15, -0.1) is 0 Å². The molecule has 2 fully saturated rings. The minimum absolute atomic E-state index is 0.0780. The molecular weight excluding hydrogens is 557 g/mol. The molecule has 2 unspecified atom stereocenters. The highest BCUT2D eigenvalue weighted by molar-refractivity contribution is 6.08. The number of hydrogen-bond acceptors (Lipinski definition) is 7. The van der Waals surface area contributed by atoms with Crippen LogP contribution in [0.15, 0.2) is 66.9 Å². The maximum atomic E-state index is 13.8. The van der Waals surface area contributed by atoms with Crippen LogP contribution in [0.1, 0.15) is 11.3 Å². The Balaban J connectivity index is 1.60. The number of pyridine rings is 1. The van der Waals surface area contributed by atoms with E-state index >= 15 is 0 Å². The Labute approximate surface area is 240 Å². The van der Waals surface area contributed by atoms with E-state index < -0.39 is 54.6 Å². The minimum Gasteiger partial charge on any atom is -0.374 e. The molecule has 3 N–H and O–H groups in total. The molecule has 0 saturated carbocycles. The van der Waals surface area contributed by atoms with Gasteiger partial charge in [0.15, 0.2) is 0 Å². The van der Waals surface area contributed by atoms with Gasteiger partial charge in [0.25, 0.3) is 5.91 Å². The Bertz CT molecular complexity index is 1310. The van der Waals surface area contributed by atoms with Crippen LogP contribution in [0.3, 0.4) is 0 Å². The van der Waals surface area contributed by atoms with Crippen LogP contribution in [0.25, 0.3) is 0 Å². The first-order chi connectivity index (χ1) is 20.0. The zero-order chi connectivity index (χ0) is 30.3. The van der Waals surface area contributed by atoms with Gasteiger partial charge < -0.3 is 25.6 Å². The molecule has 1 aromatic carbocycles. The van der Waals surface area contributed by atoms with E-state index in [1.54, 1.807) is 18.2 Å². The van der Waals surface area contributed by atoms with Gasteiger partial charge in [0.2, 0.25) is 11.8 Å². The number of carbonyl (C=O) groups excluding carboxylic acids is 4. The summed E-state index contributed by atoms with van der Waals surface area (Å²) in [7, 11) is 0. The molecule has 0 radical (unpaired) electrons. The number of nitrogens with one attached hydrogen (secondary N) is 1. The molecule has 0 spiro atoms. The Morgan fingerprint density at radius 2 is 1.86 bits per heavy atom. The molecule has 224 valence electrons. The summed E-state index contributed by atoms with van der Waals surface area (Å²) in [6.45, 7) is -2.41. The number of aromatic nitrogens is 1. The predicted molar refractivity (Wildman–Crippen MR) is 143 cm³/mol. The van der Waals surface area contributed by atoms with Crippen LogP contribution in [0.4, 0.5) is 18.0 Å². The number of hydrogen-bond donors (Lipinski definition) is 2. The SMILES string of the molecule is NCC=CC(=O)NC(COCc1ccccc1)C(=O)N1CCN2C(=O)N(CC(F)(F)F)C(=O)C2(Cc2ccccn2)C1. The van der Waals surface area contributed by atoms with E-state index in [0.29, 0.717) is 5.69 Å².